The normalized spacial score (nSPS) is 14.8. The summed E-state index contributed by atoms with van der Waals surface area (Å²) >= 11 is 0. The number of hydrogen-bond donors (Lipinski definition) is 0. The van der Waals surface area contributed by atoms with E-state index in [0.717, 1.165) is 58.6 Å². The average molecular weight is 993 g/mol. The van der Waals surface area contributed by atoms with E-state index < -0.39 is 6.85 Å². The van der Waals surface area contributed by atoms with E-state index in [1.807, 2.05) is 18.5 Å². The SMILES string of the molecule is [2H]C([2H])([2H])c1cnc(-c2ccc(C(C)(C)Cc3cc(CC(C)(C)c4ccc(-c5cc(C(C)(C)C)ccn5)cc4)cc(CC(C)(C)c4ccc(-c5cc(C(C)(C)C)ccn5)cc4)c3)cc2)cc1-c1ccc(C2CCCCC2)cc1. The highest BCUT2D eigenvalue weighted by molar-refractivity contribution is 5.73. The number of benzene rings is 5. The van der Waals surface area contributed by atoms with Crippen molar-refractivity contribution in [1.82, 2.24) is 15.0 Å². The Morgan fingerprint density at radius 2 is 0.773 bits per heavy atom. The van der Waals surface area contributed by atoms with Crippen LogP contribution >= 0.6 is 0 Å². The zero-order valence-corrected chi connectivity index (χ0v) is 47.2. The first-order valence-corrected chi connectivity index (χ1v) is 27.7. The van der Waals surface area contributed by atoms with Crippen LogP contribution in [0.3, 0.4) is 0 Å². The fraction of sp³-hybridized carbons (Fsp3) is 0.375. The lowest BCUT2D eigenvalue weighted by Crippen LogP contribution is -2.24. The molecule has 386 valence electrons. The van der Waals surface area contributed by atoms with Crippen molar-refractivity contribution >= 4 is 0 Å². The summed E-state index contributed by atoms with van der Waals surface area (Å²) in [4.78, 5) is 14.3. The molecule has 3 aromatic heterocycles. The Balaban J connectivity index is 0.997. The molecular formula is C72H83N3. The number of hydrogen-bond acceptors (Lipinski definition) is 3. The molecule has 0 bridgehead atoms. The van der Waals surface area contributed by atoms with Crippen LogP contribution in [0.15, 0.2) is 164 Å². The first-order chi connectivity index (χ1) is 36.7. The Bertz CT molecular complexity index is 3210. The molecule has 1 saturated carbocycles. The second-order valence-corrected chi connectivity index (χ2v) is 26.0. The van der Waals surface area contributed by atoms with Crippen molar-refractivity contribution in [2.24, 2.45) is 0 Å². The van der Waals surface area contributed by atoms with Gasteiger partial charge in [0.05, 0.1) is 17.1 Å². The molecule has 1 fully saturated rings. The van der Waals surface area contributed by atoms with Gasteiger partial charge in [-0.05, 0) is 169 Å². The minimum atomic E-state index is -2.29. The minimum Gasteiger partial charge on any atom is -0.256 e. The molecule has 3 heterocycles. The van der Waals surface area contributed by atoms with Gasteiger partial charge < -0.3 is 0 Å². The average Bonchev–Trinajstić information content (AvgIpc) is 3.45. The van der Waals surface area contributed by atoms with Gasteiger partial charge in [0.25, 0.3) is 0 Å². The van der Waals surface area contributed by atoms with Crippen molar-refractivity contribution in [3.8, 4) is 44.9 Å². The molecular weight excluding hydrogens is 907 g/mol. The predicted octanol–water partition coefficient (Wildman–Crippen LogP) is 19.1. The number of aryl methyl sites for hydroxylation is 1. The third-order valence-electron chi connectivity index (χ3n) is 16.4. The van der Waals surface area contributed by atoms with Gasteiger partial charge in [-0.15, -0.1) is 0 Å². The zero-order valence-electron chi connectivity index (χ0n) is 50.2. The summed E-state index contributed by atoms with van der Waals surface area (Å²) in [6.07, 6.45) is 14.4. The third kappa shape index (κ3) is 12.6. The van der Waals surface area contributed by atoms with Crippen LogP contribution in [0.4, 0.5) is 0 Å². The molecule has 8 aromatic rings. The van der Waals surface area contributed by atoms with E-state index in [9.17, 15) is 0 Å². The Hall–Kier alpha value is -6.45. The van der Waals surface area contributed by atoms with Gasteiger partial charge in [0.1, 0.15) is 0 Å². The van der Waals surface area contributed by atoms with Crippen LogP contribution in [-0.2, 0) is 46.3 Å². The predicted molar refractivity (Wildman–Crippen MR) is 319 cm³/mol. The molecule has 1 aliphatic carbocycles. The van der Waals surface area contributed by atoms with Crippen LogP contribution in [0.5, 0.6) is 0 Å². The van der Waals surface area contributed by atoms with Crippen LogP contribution in [0.2, 0.25) is 0 Å². The Kier molecular flexibility index (Phi) is 14.0. The van der Waals surface area contributed by atoms with Crippen molar-refractivity contribution < 1.29 is 4.11 Å². The molecule has 5 aromatic carbocycles. The van der Waals surface area contributed by atoms with E-state index in [1.165, 1.54) is 82.2 Å². The highest BCUT2D eigenvalue weighted by Crippen LogP contribution is 2.39. The van der Waals surface area contributed by atoms with Crippen molar-refractivity contribution in [3.63, 3.8) is 0 Å². The number of nitrogens with zero attached hydrogens (tertiary/aromatic N) is 3. The smallest absolute Gasteiger partial charge is 0.0708 e. The highest BCUT2D eigenvalue weighted by Gasteiger charge is 2.28. The number of pyridine rings is 3. The quantitative estimate of drug-likeness (QED) is 0.109. The van der Waals surface area contributed by atoms with E-state index in [4.69, 9.17) is 19.1 Å². The van der Waals surface area contributed by atoms with Gasteiger partial charge in [-0.1, -0.05) is 218 Å². The fourth-order valence-corrected chi connectivity index (χ4v) is 11.6. The van der Waals surface area contributed by atoms with Crippen LogP contribution < -0.4 is 0 Å². The van der Waals surface area contributed by atoms with E-state index in [1.54, 1.807) is 6.20 Å². The monoisotopic (exact) mass is 993 g/mol. The molecule has 0 N–H and O–H groups in total. The summed E-state index contributed by atoms with van der Waals surface area (Å²) in [7, 11) is 0. The van der Waals surface area contributed by atoms with Crippen molar-refractivity contribution in [1.29, 1.82) is 0 Å². The van der Waals surface area contributed by atoms with Crippen molar-refractivity contribution in [2.75, 3.05) is 0 Å². The topological polar surface area (TPSA) is 38.7 Å². The van der Waals surface area contributed by atoms with Gasteiger partial charge in [0.2, 0.25) is 0 Å². The van der Waals surface area contributed by atoms with Crippen LogP contribution in [0.25, 0.3) is 44.9 Å². The van der Waals surface area contributed by atoms with Crippen molar-refractivity contribution in [3.05, 3.63) is 220 Å². The molecule has 0 radical (unpaired) electrons. The summed E-state index contributed by atoms with van der Waals surface area (Å²) in [5.74, 6) is 0.585. The molecule has 0 aliphatic heterocycles. The lowest BCUT2D eigenvalue weighted by atomic mass is 9.74. The molecule has 1 aliphatic rings. The fourth-order valence-electron chi connectivity index (χ4n) is 11.6. The van der Waals surface area contributed by atoms with Gasteiger partial charge in [-0.2, -0.15) is 0 Å². The van der Waals surface area contributed by atoms with Gasteiger partial charge >= 0.3 is 0 Å². The maximum absolute atomic E-state index is 8.42. The molecule has 0 saturated heterocycles. The van der Waals surface area contributed by atoms with Gasteiger partial charge in [-0.25, -0.2) is 0 Å². The minimum absolute atomic E-state index is 0.0483. The van der Waals surface area contributed by atoms with E-state index >= 15 is 0 Å². The molecule has 0 unspecified atom stereocenters. The highest BCUT2D eigenvalue weighted by atomic mass is 14.7. The van der Waals surface area contributed by atoms with E-state index in [2.05, 4.69) is 223 Å². The maximum atomic E-state index is 8.42. The first-order valence-electron chi connectivity index (χ1n) is 29.2. The lowest BCUT2D eigenvalue weighted by Gasteiger charge is -2.30. The molecule has 0 spiro atoms. The van der Waals surface area contributed by atoms with E-state index in [-0.39, 0.29) is 32.6 Å². The summed E-state index contributed by atoms with van der Waals surface area (Å²) in [5.41, 5.74) is 19.3. The van der Waals surface area contributed by atoms with Crippen LogP contribution in [0.1, 0.15) is 181 Å². The van der Waals surface area contributed by atoms with Gasteiger partial charge in [0.15, 0.2) is 0 Å². The van der Waals surface area contributed by atoms with Crippen LogP contribution in [0, 0.1) is 6.85 Å². The standard InChI is InChI=1S/C72H83N3/c1-49-48-75-67(44-64(49)55-21-19-54(20-22-55)53-17-15-14-16-18-53)58-27-33-61(34-28-58)72(12,13)47-52-40-50(45-70(8,9)59-29-23-56(24-30-59)65-42-62(35-37-73-65)68(2,3)4)39-51(41-52)46-71(10,11)60-31-25-57(26-32-60)66-43-63(36-38-74-66)69(5,6)7/h19-44,48,53H,14-18,45-47H2,1-13H3/i1D3. The Morgan fingerprint density at radius 3 is 1.15 bits per heavy atom. The largest absolute Gasteiger partial charge is 0.256 e. The molecule has 0 atom stereocenters. The van der Waals surface area contributed by atoms with Crippen molar-refractivity contribution in [2.45, 2.75) is 174 Å². The maximum Gasteiger partial charge on any atom is 0.0708 e. The molecule has 3 nitrogen and oxygen atoms in total. The summed E-state index contributed by atoms with van der Waals surface area (Å²) in [6.45, 7) is 25.4. The summed E-state index contributed by atoms with van der Waals surface area (Å²) in [6, 6.07) is 53.6. The second kappa shape index (κ2) is 21.3. The van der Waals surface area contributed by atoms with Gasteiger partial charge in [0, 0.05) is 39.4 Å². The number of rotatable bonds is 14. The molecule has 0 amide bonds. The number of aromatic nitrogens is 3. The molecule has 3 heteroatoms. The van der Waals surface area contributed by atoms with E-state index in [0.29, 0.717) is 11.5 Å². The Labute approximate surface area is 456 Å². The summed E-state index contributed by atoms with van der Waals surface area (Å²) < 4.78 is 25.3. The molecule has 75 heavy (non-hydrogen) atoms. The summed E-state index contributed by atoms with van der Waals surface area (Å²) in [5, 5.41) is 0. The second-order valence-electron chi connectivity index (χ2n) is 26.0. The van der Waals surface area contributed by atoms with Crippen LogP contribution in [-0.4, -0.2) is 15.0 Å². The first kappa shape index (κ1) is 49.4. The Morgan fingerprint density at radius 1 is 0.400 bits per heavy atom. The molecule has 9 rings (SSSR count). The zero-order chi connectivity index (χ0) is 55.8. The lowest BCUT2D eigenvalue weighted by molar-refractivity contribution is 0.443. The third-order valence-corrected chi connectivity index (χ3v) is 16.4. The van der Waals surface area contributed by atoms with Gasteiger partial charge in [-0.3, -0.25) is 15.0 Å².